The van der Waals surface area contributed by atoms with Crippen molar-refractivity contribution < 1.29 is 14.3 Å². The zero-order valence-electron chi connectivity index (χ0n) is 11.1. The fourth-order valence-electron chi connectivity index (χ4n) is 1.77. The minimum atomic E-state index is -0.458. The molecular weight excluding hydrogens is 230 g/mol. The van der Waals surface area contributed by atoms with E-state index in [9.17, 15) is 9.59 Å². The molecule has 0 unspecified atom stereocenters. The van der Waals surface area contributed by atoms with Crippen LogP contribution in [0, 0.1) is 6.92 Å². The maximum atomic E-state index is 11.7. The van der Waals surface area contributed by atoms with Crippen molar-refractivity contribution in [3.8, 4) is 0 Å². The summed E-state index contributed by atoms with van der Waals surface area (Å²) in [5, 5.41) is 0. The third-order valence-corrected chi connectivity index (χ3v) is 2.59. The highest BCUT2D eigenvalue weighted by Crippen LogP contribution is 2.17. The van der Waals surface area contributed by atoms with Gasteiger partial charge < -0.3 is 9.64 Å². The van der Waals surface area contributed by atoms with E-state index in [1.54, 1.807) is 6.92 Å². The van der Waals surface area contributed by atoms with E-state index >= 15 is 0 Å². The van der Waals surface area contributed by atoms with Gasteiger partial charge in [-0.3, -0.25) is 9.59 Å². The summed E-state index contributed by atoms with van der Waals surface area (Å²) in [6.07, 6.45) is -0.163. The highest BCUT2D eigenvalue weighted by atomic mass is 16.5. The number of aryl methyl sites for hydroxylation is 1. The van der Waals surface area contributed by atoms with Crippen LogP contribution in [-0.4, -0.2) is 32.0 Å². The molecule has 18 heavy (non-hydrogen) atoms. The quantitative estimate of drug-likeness (QED) is 0.571. The number of benzene rings is 1. The Hall–Kier alpha value is -1.84. The Labute approximate surface area is 108 Å². The van der Waals surface area contributed by atoms with E-state index in [2.05, 4.69) is 0 Å². The van der Waals surface area contributed by atoms with Crippen molar-refractivity contribution in [1.29, 1.82) is 0 Å². The number of esters is 1. The molecule has 0 aliphatic carbocycles. The first-order valence-corrected chi connectivity index (χ1v) is 5.98. The minimum Gasteiger partial charge on any atom is -0.466 e. The van der Waals surface area contributed by atoms with Gasteiger partial charge in [-0.15, -0.1) is 0 Å². The van der Waals surface area contributed by atoms with E-state index in [0.29, 0.717) is 6.61 Å². The van der Waals surface area contributed by atoms with E-state index < -0.39 is 5.97 Å². The number of para-hydroxylation sites is 1. The molecule has 0 aliphatic rings. The van der Waals surface area contributed by atoms with Gasteiger partial charge in [0.1, 0.15) is 6.42 Å². The zero-order valence-corrected chi connectivity index (χ0v) is 11.1. The maximum Gasteiger partial charge on any atom is 0.313 e. The number of carbonyl (C=O) groups is 2. The van der Waals surface area contributed by atoms with E-state index in [4.69, 9.17) is 4.74 Å². The largest absolute Gasteiger partial charge is 0.466 e. The lowest BCUT2D eigenvalue weighted by Gasteiger charge is -2.20. The van der Waals surface area contributed by atoms with Gasteiger partial charge in [-0.1, -0.05) is 18.2 Å². The Morgan fingerprint density at radius 2 is 1.94 bits per heavy atom. The lowest BCUT2D eigenvalue weighted by Crippen LogP contribution is -2.28. The summed E-state index contributed by atoms with van der Waals surface area (Å²) >= 11 is 0. The third-order valence-electron chi connectivity index (χ3n) is 2.59. The second-order valence-electron chi connectivity index (χ2n) is 4.16. The molecule has 1 rings (SSSR count). The summed E-state index contributed by atoms with van der Waals surface area (Å²) in [7, 11) is 1.84. The van der Waals surface area contributed by atoms with Crippen LogP contribution in [0.2, 0.25) is 0 Å². The smallest absolute Gasteiger partial charge is 0.313 e. The van der Waals surface area contributed by atoms with Gasteiger partial charge in [0.05, 0.1) is 13.2 Å². The van der Waals surface area contributed by atoms with Crippen LogP contribution >= 0.6 is 0 Å². The zero-order chi connectivity index (χ0) is 13.5. The molecule has 0 aromatic heterocycles. The maximum absolute atomic E-state index is 11.7. The number of hydrogen-bond acceptors (Lipinski definition) is 4. The summed E-state index contributed by atoms with van der Waals surface area (Å²) in [5.74, 6) is -0.597. The normalized spacial score (nSPS) is 9.94. The summed E-state index contributed by atoms with van der Waals surface area (Å²) in [6.45, 7) is 4.23. The van der Waals surface area contributed by atoms with Gasteiger partial charge >= 0.3 is 5.97 Å². The first kappa shape index (κ1) is 14.2. The van der Waals surface area contributed by atoms with Crippen molar-refractivity contribution in [2.24, 2.45) is 0 Å². The fraction of sp³-hybridized carbons (Fsp3) is 0.429. The molecule has 0 fully saturated rings. The topological polar surface area (TPSA) is 46.6 Å². The predicted octanol–water partition coefficient (Wildman–Crippen LogP) is 1.95. The number of ketones is 1. The summed E-state index contributed by atoms with van der Waals surface area (Å²) in [4.78, 5) is 24.7. The number of hydrogen-bond donors (Lipinski definition) is 0. The average molecular weight is 249 g/mol. The molecular formula is C14H19NO3. The predicted molar refractivity (Wildman–Crippen MR) is 70.7 cm³/mol. The Morgan fingerprint density at radius 3 is 2.56 bits per heavy atom. The lowest BCUT2D eigenvalue weighted by molar-refractivity contribution is -0.145. The molecule has 0 heterocycles. The Balaban J connectivity index is 2.55. The summed E-state index contributed by atoms with van der Waals surface area (Å²) < 4.78 is 4.75. The van der Waals surface area contributed by atoms with E-state index in [-0.39, 0.29) is 18.7 Å². The number of ether oxygens (including phenoxy) is 1. The van der Waals surface area contributed by atoms with Crippen molar-refractivity contribution in [3.05, 3.63) is 29.8 Å². The Bertz CT molecular complexity index is 429. The molecule has 0 spiro atoms. The van der Waals surface area contributed by atoms with Crippen LogP contribution in [0.1, 0.15) is 18.9 Å². The molecule has 0 saturated carbocycles. The third kappa shape index (κ3) is 4.20. The number of rotatable bonds is 6. The molecule has 4 nitrogen and oxygen atoms in total. The SMILES string of the molecule is CCOC(=O)CC(=O)CN(C)c1ccccc1C. The van der Waals surface area contributed by atoms with Crippen LogP contribution in [0.25, 0.3) is 0 Å². The Morgan fingerprint density at radius 1 is 1.28 bits per heavy atom. The lowest BCUT2D eigenvalue weighted by atomic mass is 10.1. The number of likely N-dealkylation sites (N-methyl/N-ethyl adjacent to an activating group) is 1. The van der Waals surface area contributed by atoms with Crippen LogP contribution in [0.4, 0.5) is 5.69 Å². The first-order valence-electron chi connectivity index (χ1n) is 5.98. The number of Topliss-reactive ketones (excluding diaryl/α,β-unsaturated/α-hetero) is 1. The molecule has 0 saturated heterocycles. The van der Waals surface area contributed by atoms with Crippen molar-refractivity contribution >= 4 is 17.4 Å². The molecule has 0 aliphatic heterocycles. The van der Waals surface area contributed by atoms with Crippen LogP contribution in [0.15, 0.2) is 24.3 Å². The second-order valence-corrected chi connectivity index (χ2v) is 4.16. The van der Waals surface area contributed by atoms with Crippen molar-refractivity contribution in [3.63, 3.8) is 0 Å². The van der Waals surface area contributed by atoms with Gasteiger partial charge in [-0.05, 0) is 25.5 Å². The molecule has 0 radical (unpaired) electrons. The van der Waals surface area contributed by atoms with Gasteiger partial charge in [0.25, 0.3) is 0 Å². The molecule has 0 bridgehead atoms. The molecule has 0 atom stereocenters. The minimum absolute atomic E-state index is 0.140. The monoisotopic (exact) mass is 249 g/mol. The number of carbonyl (C=O) groups excluding carboxylic acids is 2. The van der Waals surface area contributed by atoms with Gasteiger partial charge in [-0.2, -0.15) is 0 Å². The van der Waals surface area contributed by atoms with Crippen molar-refractivity contribution in [1.82, 2.24) is 0 Å². The molecule has 1 aromatic carbocycles. The first-order chi connectivity index (χ1) is 8.54. The summed E-state index contributed by atoms with van der Waals surface area (Å²) in [5.41, 5.74) is 2.10. The molecule has 4 heteroatoms. The average Bonchev–Trinajstić information content (AvgIpc) is 2.29. The van der Waals surface area contributed by atoms with Crippen LogP contribution < -0.4 is 4.90 Å². The highest BCUT2D eigenvalue weighted by molar-refractivity contribution is 5.97. The molecule has 0 amide bonds. The van der Waals surface area contributed by atoms with Gasteiger partial charge in [0.2, 0.25) is 0 Å². The molecule has 98 valence electrons. The molecule has 0 N–H and O–H groups in total. The van der Waals surface area contributed by atoms with Gasteiger partial charge in [0, 0.05) is 12.7 Å². The van der Waals surface area contributed by atoms with Crippen LogP contribution in [0.5, 0.6) is 0 Å². The van der Waals surface area contributed by atoms with Gasteiger partial charge in [0.15, 0.2) is 5.78 Å². The van der Waals surface area contributed by atoms with E-state index in [1.807, 2.05) is 43.1 Å². The fourth-order valence-corrected chi connectivity index (χ4v) is 1.77. The van der Waals surface area contributed by atoms with Gasteiger partial charge in [-0.25, -0.2) is 0 Å². The van der Waals surface area contributed by atoms with E-state index in [0.717, 1.165) is 11.3 Å². The van der Waals surface area contributed by atoms with Crippen LogP contribution in [0.3, 0.4) is 0 Å². The molecule has 1 aromatic rings. The van der Waals surface area contributed by atoms with E-state index in [1.165, 1.54) is 0 Å². The second kappa shape index (κ2) is 6.79. The van der Waals surface area contributed by atoms with Crippen molar-refractivity contribution in [2.75, 3.05) is 25.1 Å². The Kier molecular flexibility index (Phi) is 5.36. The number of anilines is 1. The summed E-state index contributed by atoms with van der Waals surface area (Å²) in [6, 6.07) is 7.82. The highest BCUT2D eigenvalue weighted by Gasteiger charge is 2.13. The van der Waals surface area contributed by atoms with Crippen LogP contribution in [-0.2, 0) is 14.3 Å². The number of nitrogens with zero attached hydrogens (tertiary/aromatic N) is 1. The van der Waals surface area contributed by atoms with Crippen molar-refractivity contribution in [2.45, 2.75) is 20.3 Å². The standard InChI is InChI=1S/C14H19NO3/c1-4-18-14(17)9-12(16)10-15(3)13-8-6-5-7-11(13)2/h5-8H,4,9-10H2,1-3H3.